The maximum absolute atomic E-state index is 14.1. The van der Waals surface area contributed by atoms with Crippen molar-refractivity contribution in [2.75, 3.05) is 14.1 Å². The smallest absolute Gasteiger partial charge is 0.326 e. The van der Waals surface area contributed by atoms with E-state index in [1.54, 1.807) is 12.1 Å². The summed E-state index contributed by atoms with van der Waals surface area (Å²) in [6, 6.07) is 5.45. The van der Waals surface area contributed by atoms with Gasteiger partial charge in [0, 0.05) is 33.0 Å². The van der Waals surface area contributed by atoms with Crippen LogP contribution in [-0.2, 0) is 36.8 Å². The maximum Gasteiger partial charge on any atom is 0.326 e. The van der Waals surface area contributed by atoms with Gasteiger partial charge in [-0.2, -0.15) is 0 Å². The molecule has 7 unspecified atom stereocenters. The molecule has 15 heteroatoms. The predicted molar refractivity (Wildman–Crippen MR) is 207 cm³/mol. The number of rotatable bonds is 23. The van der Waals surface area contributed by atoms with Crippen LogP contribution in [0.25, 0.3) is 0 Å². The molecule has 0 aliphatic carbocycles. The van der Waals surface area contributed by atoms with E-state index in [1.807, 2.05) is 13.8 Å². The Bertz CT molecular complexity index is 1540. The first kappa shape index (κ1) is 46.4. The van der Waals surface area contributed by atoms with Crippen LogP contribution in [0.15, 0.2) is 48.5 Å². The molecule has 4 amide bonds. The highest BCUT2D eigenvalue weighted by molar-refractivity contribution is 5.95. The molecule has 0 aliphatic rings. The van der Waals surface area contributed by atoms with Gasteiger partial charge in [-0.25, -0.2) is 4.79 Å². The van der Waals surface area contributed by atoms with Crippen molar-refractivity contribution in [1.82, 2.24) is 20.4 Å². The monoisotopic (exact) mass is 771 g/mol. The molecule has 0 saturated carbocycles. The molecule has 306 valence electrons. The summed E-state index contributed by atoms with van der Waals surface area (Å²) in [5.41, 5.74) is 7.17. The van der Waals surface area contributed by atoms with Gasteiger partial charge in [-0.15, -0.1) is 0 Å². The van der Waals surface area contributed by atoms with Crippen LogP contribution in [0, 0.1) is 5.92 Å². The Morgan fingerprint density at radius 1 is 0.709 bits per heavy atom. The SMILES string of the molecule is CCCCCCCC(N)C(O)C(=O)NC(C(=O)N(C)C(CC(C)C)C(=O)NC(Cc1ccc(O)cc1)C(=O)N(C)C(Cc1ccc(O)cc1)C(=O)O)C(C)O. The molecule has 0 aliphatic heterocycles. The second kappa shape index (κ2) is 22.6. The number of nitrogens with two attached hydrogens (primary N) is 1. The minimum Gasteiger partial charge on any atom is -0.508 e. The largest absolute Gasteiger partial charge is 0.508 e. The van der Waals surface area contributed by atoms with Crippen molar-refractivity contribution in [3.8, 4) is 11.5 Å². The first-order valence-electron chi connectivity index (χ1n) is 18.9. The van der Waals surface area contributed by atoms with Gasteiger partial charge in [0.2, 0.25) is 17.7 Å². The van der Waals surface area contributed by atoms with Gasteiger partial charge in [-0.1, -0.05) is 77.1 Å². The summed E-state index contributed by atoms with van der Waals surface area (Å²) in [5, 5.41) is 56.0. The Hall–Kier alpha value is -4.73. The summed E-state index contributed by atoms with van der Waals surface area (Å²) in [5.74, 6) is -4.76. The Balaban J connectivity index is 2.36. The van der Waals surface area contributed by atoms with Gasteiger partial charge in [0.1, 0.15) is 41.8 Å². The number of hydrogen-bond acceptors (Lipinski definition) is 10. The third-order valence-electron chi connectivity index (χ3n) is 9.63. The lowest BCUT2D eigenvalue weighted by atomic mass is 9.98. The number of amides is 4. The minimum atomic E-state index is -1.65. The molecule has 0 bridgehead atoms. The third-order valence-corrected chi connectivity index (χ3v) is 9.63. The highest BCUT2D eigenvalue weighted by atomic mass is 16.4. The van der Waals surface area contributed by atoms with E-state index >= 15 is 0 Å². The zero-order valence-corrected chi connectivity index (χ0v) is 32.9. The quantitative estimate of drug-likeness (QED) is 0.0761. The van der Waals surface area contributed by atoms with E-state index in [1.165, 1.54) is 57.4 Å². The molecule has 0 saturated heterocycles. The van der Waals surface area contributed by atoms with E-state index in [4.69, 9.17) is 5.73 Å². The molecular weight excluding hydrogens is 710 g/mol. The van der Waals surface area contributed by atoms with Crippen LogP contribution in [-0.4, -0.2) is 121 Å². The van der Waals surface area contributed by atoms with Crippen LogP contribution in [0.4, 0.5) is 0 Å². The topological polar surface area (TPSA) is 243 Å². The van der Waals surface area contributed by atoms with Crippen LogP contribution in [0.1, 0.15) is 83.8 Å². The molecule has 2 rings (SSSR count). The van der Waals surface area contributed by atoms with Crippen LogP contribution in [0.5, 0.6) is 11.5 Å². The number of aliphatic carboxylic acids is 1. The van der Waals surface area contributed by atoms with Crippen molar-refractivity contribution in [3.05, 3.63) is 59.7 Å². The van der Waals surface area contributed by atoms with Crippen molar-refractivity contribution in [2.24, 2.45) is 11.7 Å². The lowest BCUT2D eigenvalue weighted by molar-refractivity contribution is -0.151. The van der Waals surface area contributed by atoms with Gasteiger partial charge in [-0.3, -0.25) is 19.2 Å². The number of carboxylic acid groups (broad SMARTS) is 1. The fraction of sp³-hybridized carbons (Fsp3) is 0.575. The number of carboxylic acids is 1. The highest BCUT2D eigenvalue weighted by Crippen LogP contribution is 2.19. The number of nitrogens with one attached hydrogen (secondary N) is 2. The lowest BCUT2D eigenvalue weighted by Crippen LogP contribution is -2.61. The number of phenolic OH excluding ortho intramolecular Hbond substituents is 2. The Labute approximate surface area is 323 Å². The maximum atomic E-state index is 14.1. The van der Waals surface area contributed by atoms with E-state index in [2.05, 4.69) is 17.6 Å². The van der Waals surface area contributed by atoms with Crippen LogP contribution in [0.3, 0.4) is 0 Å². The van der Waals surface area contributed by atoms with Gasteiger partial charge in [-0.05, 0) is 61.1 Å². The zero-order valence-electron chi connectivity index (χ0n) is 32.9. The number of phenols is 2. The minimum absolute atomic E-state index is 0.0106. The fourth-order valence-electron chi connectivity index (χ4n) is 6.20. The van der Waals surface area contributed by atoms with E-state index in [0.29, 0.717) is 24.0 Å². The first-order chi connectivity index (χ1) is 25.9. The Morgan fingerprint density at radius 3 is 1.71 bits per heavy atom. The summed E-state index contributed by atoms with van der Waals surface area (Å²) < 4.78 is 0. The van der Waals surface area contributed by atoms with Gasteiger partial charge in [0.15, 0.2) is 0 Å². The van der Waals surface area contributed by atoms with Crippen molar-refractivity contribution in [3.63, 3.8) is 0 Å². The summed E-state index contributed by atoms with van der Waals surface area (Å²) in [6.45, 7) is 7.01. The number of aromatic hydroxyl groups is 2. The van der Waals surface area contributed by atoms with Gasteiger partial charge in [0.05, 0.1) is 6.10 Å². The number of aliphatic hydroxyl groups excluding tert-OH is 2. The standard InChI is InChI=1S/C40H61N5O10/c1-7-8-9-10-11-12-30(41)35(49)37(51)43-34(25(4)46)39(53)44(5)32(21-24(2)3)36(50)42-31(22-26-13-17-28(47)18-14-26)38(52)45(6)33(40(54)55)23-27-15-19-29(48)20-16-27/h13-20,24-25,30-35,46-49H,7-12,21-23,41H2,1-6H3,(H,42,50)(H,43,51)(H,54,55). The molecule has 9 N–H and O–H groups in total. The zero-order chi connectivity index (χ0) is 41.4. The average Bonchev–Trinajstić information content (AvgIpc) is 3.14. The molecule has 2 aromatic rings. The molecule has 2 aromatic carbocycles. The molecule has 0 fully saturated rings. The molecular formula is C40H61N5O10. The number of benzene rings is 2. The summed E-state index contributed by atoms with van der Waals surface area (Å²) in [6.07, 6.45) is 1.95. The Kier molecular flexibility index (Phi) is 19.1. The second-order valence-electron chi connectivity index (χ2n) is 14.7. The van der Waals surface area contributed by atoms with E-state index in [9.17, 15) is 49.5 Å². The van der Waals surface area contributed by atoms with Gasteiger partial charge < -0.3 is 51.7 Å². The van der Waals surface area contributed by atoms with Gasteiger partial charge >= 0.3 is 5.97 Å². The van der Waals surface area contributed by atoms with E-state index in [0.717, 1.165) is 35.5 Å². The fourth-order valence-corrected chi connectivity index (χ4v) is 6.20. The van der Waals surface area contributed by atoms with E-state index < -0.39 is 72.0 Å². The normalized spacial score (nSPS) is 15.2. The molecule has 0 spiro atoms. The molecule has 0 heterocycles. The molecule has 15 nitrogen and oxygen atoms in total. The lowest BCUT2D eigenvalue weighted by Gasteiger charge is -2.35. The predicted octanol–water partition coefficient (Wildman–Crippen LogP) is 2.07. The van der Waals surface area contributed by atoms with Crippen LogP contribution >= 0.6 is 0 Å². The molecule has 0 aromatic heterocycles. The molecule has 55 heavy (non-hydrogen) atoms. The first-order valence-corrected chi connectivity index (χ1v) is 18.9. The van der Waals surface area contributed by atoms with E-state index in [-0.39, 0.29) is 36.7 Å². The number of likely N-dealkylation sites (N-methyl/N-ethyl adjacent to an activating group) is 2. The number of nitrogens with zero attached hydrogens (tertiary/aromatic N) is 2. The number of aliphatic hydroxyl groups is 2. The Morgan fingerprint density at radius 2 is 1.22 bits per heavy atom. The number of carbonyl (C=O) groups excluding carboxylic acids is 4. The number of carbonyl (C=O) groups is 5. The summed E-state index contributed by atoms with van der Waals surface area (Å²) >= 11 is 0. The van der Waals surface area contributed by atoms with Gasteiger partial charge in [0.25, 0.3) is 5.91 Å². The average molecular weight is 772 g/mol. The van der Waals surface area contributed by atoms with Crippen LogP contribution in [0.2, 0.25) is 0 Å². The van der Waals surface area contributed by atoms with Crippen molar-refractivity contribution in [1.29, 1.82) is 0 Å². The second-order valence-corrected chi connectivity index (χ2v) is 14.7. The number of hydrogen-bond donors (Lipinski definition) is 8. The number of unbranched alkanes of at least 4 members (excludes halogenated alkanes) is 4. The van der Waals surface area contributed by atoms with Crippen LogP contribution < -0.4 is 16.4 Å². The highest BCUT2D eigenvalue weighted by Gasteiger charge is 2.39. The molecule has 0 radical (unpaired) electrons. The molecule has 7 atom stereocenters. The van der Waals surface area contributed by atoms with Crippen molar-refractivity contribution < 1.29 is 49.5 Å². The van der Waals surface area contributed by atoms with Crippen molar-refractivity contribution >= 4 is 29.6 Å². The summed E-state index contributed by atoms with van der Waals surface area (Å²) in [7, 11) is 2.64. The van der Waals surface area contributed by atoms with Crippen molar-refractivity contribution in [2.45, 2.75) is 128 Å². The third kappa shape index (κ3) is 14.8. The summed E-state index contributed by atoms with van der Waals surface area (Å²) in [4.78, 5) is 69.7.